The van der Waals surface area contributed by atoms with Crippen LogP contribution in [0.25, 0.3) is 10.9 Å². The van der Waals surface area contributed by atoms with Crippen molar-refractivity contribution < 1.29 is 24.1 Å². The lowest BCUT2D eigenvalue weighted by molar-refractivity contribution is -0.383. The molecule has 2 rings (SSSR count). The molecule has 1 amide bonds. The summed E-state index contributed by atoms with van der Waals surface area (Å²) in [6, 6.07) is 5.72. The fourth-order valence-corrected chi connectivity index (χ4v) is 2.03. The van der Waals surface area contributed by atoms with Crippen molar-refractivity contribution in [2.75, 3.05) is 6.29 Å². The van der Waals surface area contributed by atoms with E-state index >= 15 is 0 Å². The molecule has 0 atom stereocenters. The Morgan fingerprint density at radius 3 is 2.75 bits per heavy atom. The molecule has 9 nitrogen and oxygen atoms in total. The highest BCUT2D eigenvalue weighted by Gasteiger charge is 2.19. The second-order valence-electron chi connectivity index (χ2n) is 4.01. The Balaban J connectivity index is 2.32. The summed E-state index contributed by atoms with van der Waals surface area (Å²) in [4.78, 5) is 41.8. The van der Waals surface area contributed by atoms with Gasteiger partial charge in [0.05, 0.1) is 4.92 Å². The van der Waals surface area contributed by atoms with E-state index in [4.69, 9.17) is 9.79 Å². The predicted octanol–water partition coefficient (Wildman–Crippen LogP) is 0.941. The van der Waals surface area contributed by atoms with Crippen molar-refractivity contribution in [3.8, 4) is 0 Å². The van der Waals surface area contributed by atoms with Gasteiger partial charge in [-0.25, -0.2) is 0 Å². The fourth-order valence-electron chi connectivity index (χ4n) is 1.68. The van der Waals surface area contributed by atoms with Crippen molar-refractivity contribution >= 4 is 30.1 Å². The van der Waals surface area contributed by atoms with Crippen LogP contribution in [0.15, 0.2) is 24.3 Å². The molecule has 2 aromatic rings. The van der Waals surface area contributed by atoms with Gasteiger partial charge in [0, 0.05) is 11.5 Å². The molecular formula is C10H10N3O6P. The lowest BCUT2D eigenvalue weighted by Crippen LogP contribution is -2.24. The van der Waals surface area contributed by atoms with Crippen molar-refractivity contribution in [2.24, 2.45) is 0 Å². The summed E-state index contributed by atoms with van der Waals surface area (Å²) in [5.41, 5.74) is -0.0156. The lowest BCUT2D eigenvalue weighted by atomic mass is 10.2. The number of nitro benzene ring substituents is 1. The first-order chi connectivity index (χ1) is 9.28. The van der Waals surface area contributed by atoms with E-state index in [-0.39, 0.29) is 16.9 Å². The van der Waals surface area contributed by atoms with Crippen LogP contribution in [0, 0.1) is 10.1 Å². The number of nitro groups is 1. The summed E-state index contributed by atoms with van der Waals surface area (Å²) in [5, 5.41) is 13.3. The van der Waals surface area contributed by atoms with E-state index in [1.54, 1.807) is 6.07 Å². The Morgan fingerprint density at radius 1 is 1.45 bits per heavy atom. The highest BCUT2D eigenvalue weighted by molar-refractivity contribution is 7.51. The maximum Gasteiger partial charge on any atom is 0.344 e. The van der Waals surface area contributed by atoms with E-state index in [0.717, 1.165) is 0 Å². The number of nitrogens with one attached hydrogen (secondary N) is 2. The summed E-state index contributed by atoms with van der Waals surface area (Å²) < 4.78 is 10.7. The van der Waals surface area contributed by atoms with E-state index in [9.17, 15) is 19.5 Å². The third-order valence-electron chi connectivity index (χ3n) is 2.52. The number of benzene rings is 1. The summed E-state index contributed by atoms with van der Waals surface area (Å²) >= 11 is 0. The van der Waals surface area contributed by atoms with Gasteiger partial charge in [-0.2, -0.15) is 0 Å². The van der Waals surface area contributed by atoms with Crippen LogP contribution in [-0.2, 0) is 4.57 Å². The highest BCUT2D eigenvalue weighted by atomic mass is 31.2. The standard InChI is InChI=1S/C10H10N3O6P/c14-10(11-5-20(17,18)19)7-4-6-2-1-3-8(13(15)16)9(6)12-7/h1-4,12H,5H2,(H,11,14)(H2,17,18,19). The number of H-pyrrole nitrogens is 1. The van der Waals surface area contributed by atoms with E-state index in [1.165, 1.54) is 18.2 Å². The number of carbonyl (C=O) groups excluding carboxylic acids is 1. The minimum absolute atomic E-state index is 0.0113. The summed E-state index contributed by atoms with van der Waals surface area (Å²) in [6.07, 6.45) is -0.802. The number of rotatable bonds is 4. The number of non-ortho nitro benzene ring substituents is 1. The van der Waals surface area contributed by atoms with E-state index in [2.05, 4.69) is 4.98 Å². The summed E-state index contributed by atoms with van der Waals surface area (Å²) in [7, 11) is -4.35. The molecule has 0 saturated carbocycles. The van der Waals surface area contributed by atoms with E-state index in [0.29, 0.717) is 5.39 Å². The molecule has 0 saturated heterocycles. The Labute approximate surface area is 111 Å². The van der Waals surface area contributed by atoms with Crippen LogP contribution in [0.1, 0.15) is 10.5 Å². The molecule has 4 N–H and O–H groups in total. The molecular weight excluding hydrogens is 289 g/mol. The number of fused-ring (bicyclic) bond motifs is 1. The number of nitrogens with zero attached hydrogens (tertiary/aromatic N) is 1. The Kier molecular flexibility index (Phi) is 3.58. The van der Waals surface area contributed by atoms with Gasteiger partial charge in [-0.05, 0) is 6.07 Å². The van der Waals surface area contributed by atoms with Crippen molar-refractivity contribution in [2.45, 2.75) is 0 Å². The van der Waals surface area contributed by atoms with Gasteiger partial charge in [0.1, 0.15) is 17.5 Å². The van der Waals surface area contributed by atoms with Gasteiger partial charge in [0.25, 0.3) is 11.6 Å². The maximum atomic E-state index is 11.7. The molecule has 1 aromatic carbocycles. The first-order valence-electron chi connectivity index (χ1n) is 5.37. The zero-order valence-corrected chi connectivity index (χ0v) is 10.8. The minimum Gasteiger partial charge on any atom is -0.345 e. The van der Waals surface area contributed by atoms with Crippen LogP contribution >= 0.6 is 7.60 Å². The number of aromatic nitrogens is 1. The molecule has 1 heterocycles. The third-order valence-corrected chi connectivity index (χ3v) is 3.09. The van der Waals surface area contributed by atoms with Crippen molar-refractivity contribution in [3.05, 3.63) is 40.1 Å². The summed E-state index contributed by atoms with van der Waals surface area (Å²) in [5.74, 6) is -0.751. The van der Waals surface area contributed by atoms with E-state index in [1.807, 2.05) is 5.32 Å². The molecule has 1 aromatic heterocycles. The number of para-hydroxylation sites is 1. The third kappa shape index (κ3) is 3.02. The molecule has 0 radical (unpaired) electrons. The van der Waals surface area contributed by atoms with Crippen LogP contribution in [0.5, 0.6) is 0 Å². The smallest absolute Gasteiger partial charge is 0.344 e. The van der Waals surface area contributed by atoms with Gasteiger partial charge < -0.3 is 20.1 Å². The molecule has 0 aliphatic rings. The zero-order chi connectivity index (χ0) is 14.9. The molecule has 0 fully saturated rings. The van der Waals surface area contributed by atoms with Gasteiger partial charge in [0.2, 0.25) is 0 Å². The largest absolute Gasteiger partial charge is 0.345 e. The number of aromatic amines is 1. The van der Waals surface area contributed by atoms with Crippen LogP contribution < -0.4 is 5.32 Å². The average Bonchev–Trinajstić information content (AvgIpc) is 2.78. The Bertz CT molecular complexity index is 734. The first kappa shape index (κ1) is 14.2. The number of hydrogen-bond donors (Lipinski definition) is 4. The monoisotopic (exact) mass is 299 g/mol. The van der Waals surface area contributed by atoms with Crippen LogP contribution in [0.3, 0.4) is 0 Å². The molecule has 10 heteroatoms. The molecule has 0 bridgehead atoms. The topological polar surface area (TPSA) is 146 Å². The minimum atomic E-state index is -4.35. The van der Waals surface area contributed by atoms with Crippen molar-refractivity contribution in [3.63, 3.8) is 0 Å². The molecule has 0 aliphatic carbocycles. The quantitative estimate of drug-likeness (QED) is 0.375. The summed E-state index contributed by atoms with van der Waals surface area (Å²) in [6.45, 7) is 0. The Morgan fingerprint density at radius 2 is 2.15 bits per heavy atom. The molecule has 0 unspecified atom stereocenters. The normalized spacial score (nSPS) is 11.5. The van der Waals surface area contributed by atoms with Crippen molar-refractivity contribution in [1.29, 1.82) is 0 Å². The van der Waals surface area contributed by atoms with Gasteiger partial charge in [-0.15, -0.1) is 0 Å². The predicted molar refractivity (Wildman–Crippen MR) is 69.3 cm³/mol. The lowest BCUT2D eigenvalue weighted by Gasteiger charge is -2.04. The molecule has 20 heavy (non-hydrogen) atoms. The number of amides is 1. The van der Waals surface area contributed by atoms with Crippen LogP contribution in [-0.4, -0.2) is 31.9 Å². The SMILES string of the molecule is O=C(NCP(=O)(O)O)c1cc2cccc([N+](=O)[O-])c2[nH]1. The fraction of sp³-hybridized carbons (Fsp3) is 0.100. The first-order valence-corrected chi connectivity index (χ1v) is 7.16. The van der Waals surface area contributed by atoms with Gasteiger partial charge in [-0.3, -0.25) is 19.5 Å². The second kappa shape index (κ2) is 5.04. The zero-order valence-electron chi connectivity index (χ0n) is 9.94. The molecule has 106 valence electrons. The van der Waals surface area contributed by atoms with Gasteiger partial charge in [0.15, 0.2) is 0 Å². The van der Waals surface area contributed by atoms with Gasteiger partial charge >= 0.3 is 7.60 Å². The van der Waals surface area contributed by atoms with Crippen molar-refractivity contribution in [1.82, 2.24) is 10.3 Å². The van der Waals surface area contributed by atoms with E-state index < -0.39 is 24.7 Å². The van der Waals surface area contributed by atoms with Crippen LogP contribution in [0.4, 0.5) is 5.69 Å². The van der Waals surface area contributed by atoms with Gasteiger partial charge in [-0.1, -0.05) is 12.1 Å². The second-order valence-corrected chi connectivity index (χ2v) is 5.66. The highest BCUT2D eigenvalue weighted by Crippen LogP contribution is 2.32. The van der Waals surface area contributed by atoms with Crippen LogP contribution in [0.2, 0.25) is 0 Å². The number of hydrogen-bond acceptors (Lipinski definition) is 4. The number of carbonyl (C=O) groups is 1. The molecule has 0 spiro atoms. The Hall–Kier alpha value is -2.22. The maximum absolute atomic E-state index is 11.7. The average molecular weight is 299 g/mol. The molecule has 0 aliphatic heterocycles.